The molecule has 0 unspecified atom stereocenters. The van der Waals surface area contributed by atoms with Gasteiger partial charge in [-0.3, -0.25) is 10.1 Å². The zero-order valence-corrected chi connectivity index (χ0v) is 15.0. The molecule has 0 fully saturated rings. The molecule has 3 N–H and O–H groups in total. The number of carbonyl (C=O) groups excluding carboxylic acids is 1. The maximum absolute atomic E-state index is 12.1. The number of rotatable bonds is 6. The summed E-state index contributed by atoms with van der Waals surface area (Å²) in [5, 5.41) is 21.6. The number of urea groups is 1. The zero-order valence-electron chi connectivity index (χ0n) is 14.2. The van der Waals surface area contributed by atoms with Crippen LogP contribution >= 0.6 is 11.6 Å². The molecule has 0 atom stereocenters. The SMILES string of the molecule is O=C(NCCNc1ccc([N+](=O)[O-])cc1Cl)Nc1cccc2ccccc12. The Morgan fingerprint density at radius 1 is 1.00 bits per heavy atom. The molecule has 0 saturated carbocycles. The van der Waals surface area contributed by atoms with E-state index in [1.54, 1.807) is 0 Å². The number of nitrogens with zero attached hydrogens (tertiary/aromatic N) is 1. The average molecular weight is 385 g/mol. The molecule has 0 bridgehead atoms. The molecule has 0 spiro atoms. The standard InChI is InChI=1S/C19H17ClN4O3/c20-16-12-14(24(26)27)8-9-18(16)21-10-11-22-19(25)23-17-7-3-5-13-4-1-2-6-15(13)17/h1-9,12,21H,10-11H2,(H2,22,23,25). The molecule has 138 valence electrons. The molecule has 0 aliphatic carbocycles. The Labute approximate surface area is 160 Å². The molecular formula is C19H17ClN4O3. The third-order valence-electron chi connectivity index (χ3n) is 3.93. The van der Waals surface area contributed by atoms with Crippen LogP contribution in [0.25, 0.3) is 10.8 Å². The second-order valence-corrected chi connectivity index (χ2v) is 6.16. The van der Waals surface area contributed by atoms with Gasteiger partial charge in [-0.2, -0.15) is 0 Å². The minimum Gasteiger partial charge on any atom is -0.382 e. The lowest BCUT2D eigenvalue weighted by Crippen LogP contribution is -2.32. The van der Waals surface area contributed by atoms with Crippen molar-refractivity contribution in [3.05, 3.63) is 75.8 Å². The van der Waals surface area contributed by atoms with Gasteiger partial charge in [0.2, 0.25) is 0 Å². The van der Waals surface area contributed by atoms with Crippen molar-refractivity contribution in [1.82, 2.24) is 5.32 Å². The predicted molar refractivity (Wildman–Crippen MR) is 108 cm³/mol. The van der Waals surface area contributed by atoms with E-state index in [-0.39, 0.29) is 16.7 Å². The molecule has 0 aliphatic heterocycles. The van der Waals surface area contributed by atoms with Gasteiger partial charge in [-0.15, -0.1) is 0 Å². The fraction of sp³-hybridized carbons (Fsp3) is 0.105. The number of carbonyl (C=O) groups is 1. The van der Waals surface area contributed by atoms with Crippen LogP contribution in [0.15, 0.2) is 60.7 Å². The van der Waals surface area contributed by atoms with Gasteiger partial charge in [0.1, 0.15) is 0 Å². The molecular weight excluding hydrogens is 368 g/mol. The topological polar surface area (TPSA) is 96.3 Å². The van der Waals surface area contributed by atoms with Gasteiger partial charge in [-0.25, -0.2) is 4.79 Å². The molecule has 0 saturated heterocycles. The van der Waals surface area contributed by atoms with Crippen molar-refractivity contribution >= 4 is 45.5 Å². The van der Waals surface area contributed by atoms with E-state index in [0.29, 0.717) is 18.8 Å². The van der Waals surface area contributed by atoms with E-state index in [2.05, 4.69) is 16.0 Å². The third-order valence-corrected chi connectivity index (χ3v) is 4.24. The summed E-state index contributed by atoms with van der Waals surface area (Å²) in [6, 6.07) is 17.4. The number of non-ortho nitro benzene ring substituents is 1. The molecule has 8 heteroatoms. The lowest BCUT2D eigenvalue weighted by Gasteiger charge is -2.11. The van der Waals surface area contributed by atoms with Crippen LogP contribution in [0.4, 0.5) is 21.9 Å². The van der Waals surface area contributed by atoms with Crippen LogP contribution in [-0.4, -0.2) is 24.0 Å². The van der Waals surface area contributed by atoms with Gasteiger partial charge in [0.25, 0.3) is 5.69 Å². The van der Waals surface area contributed by atoms with E-state index in [4.69, 9.17) is 11.6 Å². The highest BCUT2D eigenvalue weighted by atomic mass is 35.5. The summed E-state index contributed by atoms with van der Waals surface area (Å²) in [6.07, 6.45) is 0. The molecule has 0 aliphatic rings. The molecule has 27 heavy (non-hydrogen) atoms. The van der Waals surface area contributed by atoms with E-state index in [1.807, 2.05) is 42.5 Å². The van der Waals surface area contributed by atoms with E-state index in [1.165, 1.54) is 18.2 Å². The van der Waals surface area contributed by atoms with Crippen LogP contribution in [0.1, 0.15) is 0 Å². The number of benzene rings is 3. The van der Waals surface area contributed by atoms with E-state index in [0.717, 1.165) is 16.5 Å². The monoisotopic (exact) mass is 384 g/mol. The molecule has 2 amide bonds. The lowest BCUT2D eigenvalue weighted by atomic mass is 10.1. The van der Waals surface area contributed by atoms with Crippen molar-refractivity contribution in [2.45, 2.75) is 0 Å². The molecule has 3 aromatic rings. The first-order chi connectivity index (χ1) is 13.0. The molecule has 3 aromatic carbocycles. The first-order valence-corrected chi connectivity index (χ1v) is 8.63. The highest BCUT2D eigenvalue weighted by Gasteiger charge is 2.09. The van der Waals surface area contributed by atoms with Crippen LogP contribution < -0.4 is 16.0 Å². The van der Waals surface area contributed by atoms with Crippen LogP contribution in [0.3, 0.4) is 0 Å². The van der Waals surface area contributed by atoms with Crippen LogP contribution in [-0.2, 0) is 0 Å². The number of nitrogens with one attached hydrogen (secondary N) is 3. The Balaban J connectivity index is 1.51. The van der Waals surface area contributed by atoms with E-state index >= 15 is 0 Å². The second-order valence-electron chi connectivity index (χ2n) is 5.76. The highest BCUT2D eigenvalue weighted by Crippen LogP contribution is 2.26. The summed E-state index contributed by atoms with van der Waals surface area (Å²) in [4.78, 5) is 22.3. The average Bonchev–Trinajstić information content (AvgIpc) is 2.66. The number of anilines is 2. The Bertz CT molecular complexity index is 988. The number of halogens is 1. The third kappa shape index (κ3) is 4.65. The predicted octanol–water partition coefficient (Wildman–Crippen LogP) is 4.64. The van der Waals surface area contributed by atoms with E-state index < -0.39 is 4.92 Å². The summed E-state index contributed by atoms with van der Waals surface area (Å²) < 4.78 is 0. The van der Waals surface area contributed by atoms with Gasteiger partial charge >= 0.3 is 6.03 Å². The Morgan fingerprint density at radius 2 is 1.78 bits per heavy atom. The molecule has 7 nitrogen and oxygen atoms in total. The number of amides is 2. The van der Waals surface area contributed by atoms with Crippen LogP contribution in [0.2, 0.25) is 5.02 Å². The number of nitro benzene ring substituents is 1. The molecule has 0 aromatic heterocycles. The van der Waals surface area contributed by atoms with Crippen molar-refractivity contribution < 1.29 is 9.72 Å². The van der Waals surface area contributed by atoms with Crippen molar-refractivity contribution in [1.29, 1.82) is 0 Å². The fourth-order valence-electron chi connectivity index (χ4n) is 2.64. The Kier molecular flexibility index (Phi) is 5.73. The minimum absolute atomic E-state index is 0.0712. The van der Waals surface area contributed by atoms with Crippen molar-refractivity contribution in [2.24, 2.45) is 0 Å². The zero-order chi connectivity index (χ0) is 19.2. The summed E-state index contributed by atoms with van der Waals surface area (Å²) in [7, 11) is 0. The van der Waals surface area contributed by atoms with Gasteiger partial charge in [-0.1, -0.05) is 48.0 Å². The molecule has 0 radical (unpaired) electrons. The van der Waals surface area contributed by atoms with Gasteiger partial charge in [0, 0.05) is 30.6 Å². The summed E-state index contributed by atoms with van der Waals surface area (Å²) in [6.45, 7) is 0.768. The first kappa shape index (κ1) is 18.5. The van der Waals surface area contributed by atoms with Gasteiger partial charge in [-0.05, 0) is 17.5 Å². The fourth-order valence-corrected chi connectivity index (χ4v) is 2.88. The van der Waals surface area contributed by atoms with Crippen LogP contribution in [0.5, 0.6) is 0 Å². The Morgan fingerprint density at radius 3 is 2.56 bits per heavy atom. The van der Waals surface area contributed by atoms with Gasteiger partial charge < -0.3 is 16.0 Å². The van der Waals surface area contributed by atoms with Crippen LogP contribution in [0, 0.1) is 10.1 Å². The normalized spacial score (nSPS) is 10.4. The summed E-state index contributed by atoms with van der Waals surface area (Å²) >= 11 is 6.01. The van der Waals surface area contributed by atoms with Gasteiger partial charge in [0.05, 0.1) is 21.3 Å². The summed E-state index contributed by atoms with van der Waals surface area (Å²) in [5.41, 5.74) is 1.23. The number of hydrogen-bond donors (Lipinski definition) is 3. The maximum atomic E-state index is 12.1. The quantitative estimate of drug-likeness (QED) is 0.328. The van der Waals surface area contributed by atoms with Crippen molar-refractivity contribution in [3.63, 3.8) is 0 Å². The molecule has 0 heterocycles. The Hall–Kier alpha value is -3.32. The first-order valence-electron chi connectivity index (χ1n) is 8.25. The number of nitro groups is 1. The minimum atomic E-state index is -0.505. The van der Waals surface area contributed by atoms with Crippen molar-refractivity contribution in [2.75, 3.05) is 23.7 Å². The summed E-state index contributed by atoms with van der Waals surface area (Å²) in [5.74, 6) is 0. The number of fused-ring (bicyclic) bond motifs is 1. The largest absolute Gasteiger partial charge is 0.382 e. The molecule has 3 rings (SSSR count). The van der Waals surface area contributed by atoms with Crippen molar-refractivity contribution in [3.8, 4) is 0 Å². The maximum Gasteiger partial charge on any atom is 0.319 e. The second kappa shape index (κ2) is 8.37. The van der Waals surface area contributed by atoms with E-state index in [9.17, 15) is 14.9 Å². The number of hydrogen-bond acceptors (Lipinski definition) is 4. The van der Waals surface area contributed by atoms with Gasteiger partial charge in [0.15, 0.2) is 0 Å². The lowest BCUT2D eigenvalue weighted by molar-refractivity contribution is -0.384. The smallest absolute Gasteiger partial charge is 0.319 e. The highest BCUT2D eigenvalue weighted by molar-refractivity contribution is 6.33.